The molecule has 1 atom stereocenters. The van der Waals surface area contributed by atoms with E-state index >= 15 is 0 Å². The molecule has 1 rings (SSSR count). The third kappa shape index (κ3) is 4.75. The first-order chi connectivity index (χ1) is 8.91. The van der Waals surface area contributed by atoms with Gasteiger partial charge in [-0.15, -0.1) is 0 Å². The van der Waals surface area contributed by atoms with Gasteiger partial charge in [0.05, 0.1) is 14.2 Å². The monoisotopic (exact) mass is 265 g/mol. The van der Waals surface area contributed by atoms with Gasteiger partial charge in [0.1, 0.15) is 0 Å². The summed E-state index contributed by atoms with van der Waals surface area (Å²) in [6.45, 7) is 9.89. The molecule has 0 aliphatic heterocycles. The van der Waals surface area contributed by atoms with Crippen molar-refractivity contribution in [3.63, 3.8) is 0 Å². The molecule has 1 aromatic carbocycles. The predicted octanol–water partition coefficient (Wildman–Crippen LogP) is 3.79. The van der Waals surface area contributed by atoms with Crippen LogP contribution in [0.2, 0.25) is 0 Å². The van der Waals surface area contributed by atoms with Crippen LogP contribution in [0.15, 0.2) is 18.2 Å². The molecular formula is C16H27NO2. The molecule has 19 heavy (non-hydrogen) atoms. The first-order valence-electron chi connectivity index (χ1n) is 6.86. The zero-order valence-corrected chi connectivity index (χ0v) is 13.0. The van der Waals surface area contributed by atoms with Crippen molar-refractivity contribution in [2.45, 2.75) is 40.2 Å². The lowest BCUT2D eigenvalue weighted by atomic mass is 9.95. The maximum Gasteiger partial charge on any atom is 0.161 e. The molecule has 0 heterocycles. The summed E-state index contributed by atoms with van der Waals surface area (Å²) in [4.78, 5) is 0. The van der Waals surface area contributed by atoms with E-state index in [4.69, 9.17) is 9.47 Å². The quantitative estimate of drug-likeness (QED) is 0.849. The number of benzene rings is 1. The van der Waals surface area contributed by atoms with Crippen LogP contribution in [0.3, 0.4) is 0 Å². The van der Waals surface area contributed by atoms with Gasteiger partial charge in [0.2, 0.25) is 0 Å². The van der Waals surface area contributed by atoms with Crippen LogP contribution in [0.25, 0.3) is 0 Å². The maximum atomic E-state index is 5.36. The fourth-order valence-electron chi connectivity index (χ4n) is 2.00. The van der Waals surface area contributed by atoms with Gasteiger partial charge in [-0.1, -0.05) is 33.8 Å². The zero-order valence-electron chi connectivity index (χ0n) is 13.0. The topological polar surface area (TPSA) is 30.5 Å². The summed E-state index contributed by atoms with van der Waals surface area (Å²) < 4.78 is 10.6. The van der Waals surface area contributed by atoms with E-state index in [0.29, 0.717) is 6.04 Å². The Hall–Kier alpha value is -1.22. The van der Waals surface area contributed by atoms with Crippen molar-refractivity contribution in [1.82, 2.24) is 5.32 Å². The highest BCUT2D eigenvalue weighted by atomic mass is 16.5. The van der Waals surface area contributed by atoms with E-state index in [-0.39, 0.29) is 5.41 Å². The van der Waals surface area contributed by atoms with Gasteiger partial charge in [-0.2, -0.15) is 0 Å². The maximum absolute atomic E-state index is 5.36. The Morgan fingerprint density at radius 3 is 2.21 bits per heavy atom. The molecule has 0 spiro atoms. The molecule has 1 N–H and O–H groups in total. The highest BCUT2D eigenvalue weighted by Crippen LogP contribution is 2.31. The zero-order chi connectivity index (χ0) is 14.5. The van der Waals surface area contributed by atoms with Gasteiger partial charge in [0.15, 0.2) is 11.5 Å². The fourth-order valence-corrected chi connectivity index (χ4v) is 2.00. The molecule has 0 radical (unpaired) electrons. The van der Waals surface area contributed by atoms with E-state index in [0.717, 1.165) is 24.5 Å². The van der Waals surface area contributed by atoms with E-state index < -0.39 is 0 Å². The van der Waals surface area contributed by atoms with Gasteiger partial charge in [-0.05, 0) is 29.5 Å². The highest BCUT2D eigenvalue weighted by Gasteiger charge is 2.16. The molecule has 0 saturated carbocycles. The summed E-state index contributed by atoms with van der Waals surface area (Å²) in [5, 5.41) is 3.62. The molecule has 1 unspecified atom stereocenters. The van der Waals surface area contributed by atoms with Crippen molar-refractivity contribution < 1.29 is 9.47 Å². The minimum Gasteiger partial charge on any atom is -0.493 e. The number of hydrogen-bond donors (Lipinski definition) is 1. The van der Waals surface area contributed by atoms with Crippen LogP contribution >= 0.6 is 0 Å². The third-order valence-corrected chi connectivity index (χ3v) is 3.10. The number of rotatable bonds is 6. The van der Waals surface area contributed by atoms with Crippen molar-refractivity contribution in [2.24, 2.45) is 5.41 Å². The van der Waals surface area contributed by atoms with Crippen molar-refractivity contribution in [2.75, 3.05) is 20.8 Å². The van der Waals surface area contributed by atoms with Gasteiger partial charge in [-0.25, -0.2) is 0 Å². The second kappa shape index (κ2) is 6.80. The second-order valence-electron chi connectivity index (χ2n) is 6.02. The van der Waals surface area contributed by atoms with Crippen LogP contribution in [-0.2, 0) is 0 Å². The minimum atomic E-state index is 0.282. The summed E-state index contributed by atoms with van der Waals surface area (Å²) in [6, 6.07) is 6.47. The Balaban J connectivity index is 2.86. The Morgan fingerprint density at radius 1 is 1.11 bits per heavy atom. The lowest BCUT2D eigenvalue weighted by Crippen LogP contribution is -2.30. The molecule has 0 bridgehead atoms. The van der Waals surface area contributed by atoms with Gasteiger partial charge < -0.3 is 14.8 Å². The van der Waals surface area contributed by atoms with Gasteiger partial charge in [-0.3, -0.25) is 0 Å². The molecule has 0 fully saturated rings. The molecular weight excluding hydrogens is 238 g/mol. The van der Waals surface area contributed by atoms with E-state index in [1.54, 1.807) is 14.2 Å². The Bertz CT molecular complexity index is 396. The molecule has 108 valence electrons. The van der Waals surface area contributed by atoms with Crippen LogP contribution in [0.4, 0.5) is 0 Å². The van der Waals surface area contributed by atoms with Crippen LogP contribution in [0, 0.1) is 5.41 Å². The van der Waals surface area contributed by atoms with Gasteiger partial charge in [0.25, 0.3) is 0 Å². The van der Waals surface area contributed by atoms with E-state index in [9.17, 15) is 0 Å². The predicted molar refractivity (Wildman–Crippen MR) is 80.0 cm³/mol. The summed E-state index contributed by atoms with van der Waals surface area (Å²) in [6.07, 6.45) is 1.05. The first-order valence-corrected chi connectivity index (χ1v) is 6.86. The molecule has 0 aliphatic carbocycles. The van der Waals surface area contributed by atoms with Crippen LogP contribution in [0.1, 0.15) is 45.7 Å². The van der Waals surface area contributed by atoms with Gasteiger partial charge in [0, 0.05) is 12.6 Å². The number of hydrogen-bond acceptors (Lipinski definition) is 3. The average molecular weight is 265 g/mol. The largest absolute Gasteiger partial charge is 0.493 e. The Kier molecular flexibility index (Phi) is 5.67. The number of nitrogens with one attached hydrogen (secondary N) is 1. The van der Waals surface area contributed by atoms with Gasteiger partial charge >= 0.3 is 0 Å². The normalized spacial score (nSPS) is 13.2. The molecule has 3 heteroatoms. The fraction of sp³-hybridized carbons (Fsp3) is 0.625. The lowest BCUT2D eigenvalue weighted by molar-refractivity contribution is 0.343. The summed E-state index contributed by atoms with van der Waals surface area (Å²) in [5.74, 6) is 1.56. The highest BCUT2D eigenvalue weighted by molar-refractivity contribution is 5.43. The molecule has 1 aromatic rings. The second-order valence-corrected chi connectivity index (χ2v) is 6.02. The van der Waals surface area contributed by atoms with Crippen molar-refractivity contribution in [3.05, 3.63) is 23.8 Å². The van der Waals surface area contributed by atoms with Crippen LogP contribution in [0.5, 0.6) is 11.5 Å². The third-order valence-electron chi connectivity index (χ3n) is 3.10. The number of ether oxygens (including phenoxy) is 2. The average Bonchev–Trinajstić information content (AvgIpc) is 2.37. The van der Waals surface area contributed by atoms with E-state index in [1.165, 1.54) is 5.56 Å². The molecule has 3 nitrogen and oxygen atoms in total. The molecule has 0 aromatic heterocycles. The molecule has 0 aliphatic rings. The summed E-state index contributed by atoms with van der Waals surface area (Å²) in [7, 11) is 3.33. The van der Waals surface area contributed by atoms with Crippen molar-refractivity contribution in [3.8, 4) is 11.5 Å². The van der Waals surface area contributed by atoms with E-state index in [2.05, 4.69) is 45.1 Å². The molecule has 0 amide bonds. The lowest BCUT2D eigenvalue weighted by Gasteiger charge is -2.25. The SMILES string of the molecule is CCC(NCC(C)(C)C)c1ccc(OC)c(OC)c1. The minimum absolute atomic E-state index is 0.282. The smallest absolute Gasteiger partial charge is 0.161 e. The van der Waals surface area contributed by atoms with E-state index in [1.807, 2.05) is 6.07 Å². The van der Waals surface area contributed by atoms with Crippen LogP contribution in [-0.4, -0.2) is 20.8 Å². The first kappa shape index (κ1) is 15.8. The van der Waals surface area contributed by atoms with Crippen LogP contribution < -0.4 is 14.8 Å². The summed E-state index contributed by atoms with van der Waals surface area (Å²) in [5.41, 5.74) is 1.52. The Morgan fingerprint density at radius 2 is 1.74 bits per heavy atom. The standard InChI is InChI=1S/C16H27NO2/c1-7-13(17-11-16(2,3)4)12-8-9-14(18-5)15(10-12)19-6/h8-10,13,17H,7,11H2,1-6H3. The van der Waals surface area contributed by atoms with Crippen molar-refractivity contribution in [1.29, 1.82) is 0 Å². The molecule has 0 saturated heterocycles. The Labute approximate surface area is 117 Å². The van der Waals surface area contributed by atoms with Crippen molar-refractivity contribution >= 4 is 0 Å². The summed E-state index contributed by atoms with van der Waals surface area (Å²) >= 11 is 0. The number of methoxy groups -OCH3 is 2.